The van der Waals surface area contributed by atoms with E-state index in [-0.39, 0.29) is 18.0 Å². The summed E-state index contributed by atoms with van der Waals surface area (Å²) in [4.78, 5) is 33.5. The van der Waals surface area contributed by atoms with Gasteiger partial charge in [-0.05, 0) is 24.3 Å². The van der Waals surface area contributed by atoms with Crippen LogP contribution in [0.1, 0.15) is 17.3 Å². The van der Waals surface area contributed by atoms with Crippen LogP contribution in [0, 0.1) is 0 Å². The first-order valence-corrected chi connectivity index (χ1v) is 6.37. The lowest BCUT2D eigenvalue weighted by atomic mass is 10.2. The average Bonchev–Trinajstić information content (AvgIpc) is 2.88. The maximum atomic E-state index is 12.0. The second kappa shape index (κ2) is 6.53. The van der Waals surface area contributed by atoms with Crippen LogP contribution >= 0.6 is 0 Å². The minimum atomic E-state index is -1.04. The minimum absolute atomic E-state index is 0.178. The molecule has 2 amide bonds. The Morgan fingerprint density at radius 3 is 2.27 bits per heavy atom. The van der Waals surface area contributed by atoms with Crippen LogP contribution in [0.2, 0.25) is 0 Å². The number of hydrogen-bond acceptors (Lipinski definition) is 4. The lowest BCUT2D eigenvalue weighted by Crippen LogP contribution is -2.12. The van der Waals surface area contributed by atoms with E-state index in [1.54, 1.807) is 24.3 Å². The molecule has 22 heavy (non-hydrogen) atoms. The monoisotopic (exact) mass is 302 g/mol. The van der Waals surface area contributed by atoms with Crippen molar-refractivity contribution in [3.8, 4) is 0 Å². The zero-order valence-electron chi connectivity index (χ0n) is 11.7. The predicted octanol–water partition coefficient (Wildman–Crippen LogP) is 1.18. The average molecular weight is 302 g/mol. The fourth-order valence-electron chi connectivity index (χ4n) is 1.75. The van der Waals surface area contributed by atoms with Crippen LogP contribution in [0.4, 0.5) is 11.4 Å². The lowest BCUT2D eigenvalue weighted by Gasteiger charge is -2.05. The summed E-state index contributed by atoms with van der Waals surface area (Å²) in [6, 6.07) is 6.60. The summed E-state index contributed by atoms with van der Waals surface area (Å²) in [5, 5.41) is 17.7. The molecule has 2 rings (SSSR count). The predicted molar refractivity (Wildman–Crippen MR) is 78.6 cm³/mol. The summed E-state index contributed by atoms with van der Waals surface area (Å²) < 4.78 is 1.16. The SMILES string of the molecule is CC(=O)Nc1ccc(NC(=O)c2cnn(CC(=O)O)c2)cc1. The molecule has 2 aromatic rings. The number of benzene rings is 1. The van der Waals surface area contributed by atoms with Gasteiger partial charge in [-0.25, -0.2) is 0 Å². The molecule has 0 bridgehead atoms. The number of carbonyl (C=O) groups excluding carboxylic acids is 2. The molecule has 0 atom stereocenters. The van der Waals surface area contributed by atoms with E-state index >= 15 is 0 Å². The van der Waals surface area contributed by atoms with E-state index in [2.05, 4.69) is 15.7 Å². The Morgan fingerprint density at radius 1 is 1.14 bits per heavy atom. The van der Waals surface area contributed by atoms with E-state index in [0.717, 1.165) is 4.68 Å². The van der Waals surface area contributed by atoms with Crippen molar-refractivity contribution in [2.75, 3.05) is 10.6 Å². The molecule has 0 aliphatic carbocycles. The first-order chi connectivity index (χ1) is 10.4. The summed E-state index contributed by atoms with van der Waals surface area (Å²) in [5.41, 5.74) is 1.43. The summed E-state index contributed by atoms with van der Waals surface area (Å²) in [6.07, 6.45) is 2.65. The van der Waals surface area contributed by atoms with Crippen LogP contribution < -0.4 is 10.6 Å². The van der Waals surface area contributed by atoms with Gasteiger partial charge in [-0.1, -0.05) is 0 Å². The Balaban J connectivity index is 2.00. The molecule has 0 aliphatic heterocycles. The van der Waals surface area contributed by atoms with Crippen LogP contribution in [0.3, 0.4) is 0 Å². The molecule has 1 aromatic carbocycles. The molecule has 3 N–H and O–H groups in total. The van der Waals surface area contributed by atoms with Crippen molar-refractivity contribution >= 4 is 29.2 Å². The third-order valence-electron chi connectivity index (χ3n) is 2.66. The van der Waals surface area contributed by atoms with Crippen LogP contribution in [-0.2, 0) is 16.1 Å². The molecule has 0 spiro atoms. The Labute approximate surface area is 125 Å². The zero-order valence-corrected chi connectivity index (χ0v) is 11.7. The number of nitrogens with zero attached hydrogens (tertiary/aromatic N) is 2. The van der Waals surface area contributed by atoms with Crippen LogP contribution in [-0.4, -0.2) is 32.7 Å². The Kier molecular flexibility index (Phi) is 4.52. The normalized spacial score (nSPS) is 10.0. The Bertz CT molecular complexity index is 706. The zero-order chi connectivity index (χ0) is 16.1. The highest BCUT2D eigenvalue weighted by Gasteiger charge is 2.10. The van der Waals surface area contributed by atoms with Gasteiger partial charge in [0.05, 0.1) is 11.8 Å². The van der Waals surface area contributed by atoms with Gasteiger partial charge < -0.3 is 15.7 Å². The van der Waals surface area contributed by atoms with Gasteiger partial charge in [-0.2, -0.15) is 5.10 Å². The molecule has 0 saturated heterocycles. The number of hydrogen-bond donors (Lipinski definition) is 3. The first kappa shape index (κ1) is 15.2. The van der Waals surface area contributed by atoms with Gasteiger partial charge in [0.25, 0.3) is 5.91 Å². The molecule has 8 nitrogen and oxygen atoms in total. The van der Waals surface area contributed by atoms with Crippen molar-refractivity contribution in [1.82, 2.24) is 9.78 Å². The summed E-state index contributed by atoms with van der Waals surface area (Å²) in [6.45, 7) is 1.10. The number of carbonyl (C=O) groups is 3. The van der Waals surface area contributed by atoms with Crippen molar-refractivity contribution < 1.29 is 19.5 Å². The van der Waals surface area contributed by atoms with Gasteiger partial charge in [0, 0.05) is 24.5 Å². The van der Waals surface area contributed by atoms with Crippen LogP contribution in [0.5, 0.6) is 0 Å². The number of nitrogens with one attached hydrogen (secondary N) is 2. The third-order valence-corrected chi connectivity index (χ3v) is 2.66. The van der Waals surface area contributed by atoms with Gasteiger partial charge in [0.1, 0.15) is 6.54 Å². The maximum Gasteiger partial charge on any atom is 0.325 e. The highest BCUT2D eigenvalue weighted by atomic mass is 16.4. The molecule has 0 unspecified atom stereocenters. The highest BCUT2D eigenvalue weighted by molar-refractivity contribution is 6.04. The van der Waals surface area contributed by atoms with E-state index in [1.807, 2.05) is 0 Å². The Morgan fingerprint density at radius 2 is 1.73 bits per heavy atom. The largest absolute Gasteiger partial charge is 0.480 e. The second-order valence-corrected chi connectivity index (χ2v) is 4.53. The van der Waals surface area contributed by atoms with Gasteiger partial charge in [0.2, 0.25) is 5.91 Å². The molecule has 0 radical (unpaired) electrons. The number of aliphatic carboxylic acids is 1. The van der Waals surface area contributed by atoms with Crippen molar-refractivity contribution in [3.05, 3.63) is 42.2 Å². The molecule has 1 aromatic heterocycles. The van der Waals surface area contributed by atoms with Crippen LogP contribution in [0.25, 0.3) is 0 Å². The number of carboxylic acid groups (broad SMARTS) is 1. The quantitative estimate of drug-likeness (QED) is 0.767. The standard InChI is InChI=1S/C14H14N4O4/c1-9(19)16-11-2-4-12(5-3-11)17-14(22)10-6-15-18(7-10)8-13(20)21/h2-7H,8H2,1H3,(H,16,19)(H,17,22)(H,20,21). The van der Waals surface area contributed by atoms with E-state index in [9.17, 15) is 14.4 Å². The molecule has 8 heteroatoms. The van der Waals surface area contributed by atoms with Gasteiger partial charge in [-0.15, -0.1) is 0 Å². The number of amides is 2. The van der Waals surface area contributed by atoms with Gasteiger partial charge >= 0.3 is 5.97 Å². The number of anilines is 2. The molecule has 114 valence electrons. The van der Waals surface area contributed by atoms with E-state index in [1.165, 1.54) is 19.3 Å². The van der Waals surface area contributed by atoms with Crippen molar-refractivity contribution in [3.63, 3.8) is 0 Å². The highest BCUT2D eigenvalue weighted by Crippen LogP contribution is 2.14. The Hall–Kier alpha value is -3.16. The van der Waals surface area contributed by atoms with E-state index in [4.69, 9.17) is 5.11 Å². The summed E-state index contributed by atoms with van der Waals surface area (Å²) in [5.74, 6) is -1.62. The topological polar surface area (TPSA) is 113 Å². The second-order valence-electron chi connectivity index (χ2n) is 4.53. The van der Waals surface area contributed by atoms with Crippen LogP contribution in [0.15, 0.2) is 36.7 Å². The molecular weight excluding hydrogens is 288 g/mol. The fraction of sp³-hybridized carbons (Fsp3) is 0.143. The molecular formula is C14H14N4O4. The first-order valence-electron chi connectivity index (χ1n) is 6.37. The minimum Gasteiger partial charge on any atom is -0.480 e. The number of aromatic nitrogens is 2. The maximum absolute atomic E-state index is 12.0. The van der Waals surface area contributed by atoms with E-state index in [0.29, 0.717) is 11.4 Å². The number of carboxylic acids is 1. The van der Waals surface area contributed by atoms with Gasteiger partial charge in [0.15, 0.2) is 0 Å². The van der Waals surface area contributed by atoms with Crippen molar-refractivity contribution in [2.24, 2.45) is 0 Å². The fourth-order valence-corrected chi connectivity index (χ4v) is 1.75. The lowest BCUT2D eigenvalue weighted by molar-refractivity contribution is -0.137. The molecule has 0 saturated carbocycles. The molecule has 1 heterocycles. The summed E-state index contributed by atoms with van der Waals surface area (Å²) in [7, 11) is 0. The van der Waals surface area contributed by atoms with Crippen molar-refractivity contribution in [1.29, 1.82) is 0 Å². The van der Waals surface area contributed by atoms with E-state index < -0.39 is 11.9 Å². The molecule has 0 fully saturated rings. The molecule has 0 aliphatic rings. The number of rotatable bonds is 5. The third kappa shape index (κ3) is 4.17. The van der Waals surface area contributed by atoms with Gasteiger partial charge in [-0.3, -0.25) is 19.1 Å². The van der Waals surface area contributed by atoms with Crippen molar-refractivity contribution in [2.45, 2.75) is 13.5 Å². The smallest absolute Gasteiger partial charge is 0.325 e. The summed E-state index contributed by atoms with van der Waals surface area (Å²) >= 11 is 0.